The highest BCUT2D eigenvalue weighted by molar-refractivity contribution is 6.27. The van der Waals surface area contributed by atoms with Gasteiger partial charge in [0.25, 0.3) is 5.91 Å². The van der Waals surface area contributed by atoms with Crippen LogP contribution in [0.1, 0.15) is 11.1 Å². The third kappa shape index (κ3) is 3.41. The summed E-state index contributed by atoms with van der Waals surface area (Å²) in [6.07, 6.45) is 0. The molecule has 1 amide bonds. The minimum absolute atomic E-state index is 0.0246. The van der Waals surface area contributed by atoms with Crippen molar-refractivity contribution in [2.24, 2.45) is 0 Å². The topological polar surface area (TPSA) is 46.2 Å². The van der Waals surface area contributed by atoms with Crippen molar-refractivity contribution >= 4 is 17.4 Å². The monoisotopic (exact) mass is 251 g/mol. The smallest absolute Gasteiger partial charge is 0.263 e. The summed E-state index contributed by atoms with van der Waals surface area (Å²) >= 11 is 0. The zero-order chi connectivity index (χ0) is 13.5. The lowest BCUT2D eigenvalue weighted by Gasteiger charge is -2.06. The van der Waals surface area contributed by atoms with Gasteiger partial charge in [0.1, 0.15) is 11.5 Å². The normalized spacial score (nSPS) is 9.47. The Morgan fingerprint density at radius 3 is 2.11 bits per heavy atom. The van der Waals surface area contributed by atoms with E-state index in [1.807, 2.05) is 36.4 Å². The van der Waals surface area contributed by atoms with Crippen molar-refractivity contribution < 1.29 is 9.59 Å². The molecule has 19 heavy (non-hydrogen) atoms. The Morgan fingerprint density at radius 2 is 1.53 bits per heavy atom. The summed E-state index contributed by atoms with van der Waals surface area (Å²) in [5, 5.41) is 2.71. The molecule has 3 nitrogen and oxygen atoms in total. The van der Waals surface area contributed by atoms with Crippen molar-refractivity contribution in [3.8, 4) is 0 Å². The number of amides is 1. The van der Waals surface area contributed by atoms with E-state index >= 15 is 0 Å². The molecule has 2 rings (SSSR count). The highest BCUT2D eigenvalue weighted by Gasteiger charge is 2.12. The molecule has 0 fully saturated rings. The third-order valence-corrected chi connectivity index (χ3v) is 2.69. The van der Waals surface area contributed by atoms with Gasteiger partial charge in [-0.05, 0) is 11.1 Å². The van der Waals surface area contributed by atoms with Crippen LogP contribution in [0, 0.1) is 0 Å². The van der Waals surface area contributed by atoms with Crippen molar-refractivity contribution in [2.45, 2.75) is 6.54 Å². The first-order valence-electron chi connectivity index (χ1n) is 5.94. The SMILES string of the molecule is O=C=C(C(=O)NCc1ccccc1)c1ccccc1. The fourth-order valence-electron chi connectivity index (χ4n) is 1.71. The van der Waals surface area contributed by atoms with Gasteiger partial charge in [-0.15, -0.1) is 0 Å². The van der Waals surface area contributed by atoms with E-state index in [4.69, 9.17) is 0 Å². The maximum Gasteiger partial charge on any atom is 0.263 e. The van der Waals surface area contributed by atoms with Gasteiger partial charge in [0.05, 0.1) is 0 Å². The average Bonchev–Trinajstić information content (AvgIpc) is 2.48. The minimum Gasteiger partial charge on any atom is -0.347 e. The van der Waals surface area contributed by atoms with Crippen LogP contribution in [0.15, 0.2) is 60.7 Å². The lowest BCUT2D eigenvalue weighted by molar-refractivity contribution is -0.115. The first-order valence-corrected chi connectivity index (χ1v) is 5.94. The van der Waals surface area contributed by atoms with Crippen LogP contribution in [0.4, 0.5) is 0 Å². The summed E-state index contributed by atoms with van der Waals surface area (Å²) in [5.41, 5.74) is 1.58. The van der Waals surface area contributed by atoms with E-state index in [2.05, 4.69) is 5.32 Å². The molecule has 94 valence electrons. The summed E-state index contributed by atoms with van der Waals surface area (Å²) in [6, 6.07) is 18.3. The van der Waals surface area contributed by atoms with Gasteiger partial charge < -0.3 is 5.32 Å². The first-order chi connectivity index (χ1) is 9.31. The second-order valence-corrected chi connectivity index (χ2v) is 4.01. The Kier molecular flexibility index (Phi) is 4.27. The number of carbonyl (C=O) groups excluding carboxylic acids is 2. The van der Waals surface area contributed by atoms with Crippen LogP contribution in [-0.4, -0.2) is 11.8 Å². The quantitative estimate of drug-likeness (QED) is 0.669. The molecule has 0 radical (unpaired) electrons. The van der Waals surface area contributed by atoms with Crippen molar-refractivity contribution in [3.63, 3.8) is 0 Å². The molecule has 0 aliphatic heterocycles. The number of hydrogen-bond donors (Lipinski definition) is 1. The summed E-state index contributed by atoms with van der Waals surface area (Å²) in [7, 11) is 0. The lowest BCUT2D eigenvalue weighted by atomic mass is 10.1. The van der Waals surface area contributed by atoms with Crippen molar-refractivity contribution in [1.29, 1.82) is 0 Å². The zero-order valence-electron chi connectivity index (χ0n) is 10.3. The highest BCUT2D eigenvalue weighted by Crippen LogP contribution is 2.11. The van der Waals surface area contributed by atoms with Crippen LogP contribution >= 0.6 is 0 Å². The number of carbonyl (C=O) groups is 1. The van der Waals surface area contributed by atoms with Crippen LogP contribution in [0.5, 0.6) is 0 Å². The molecule has 0 unspecified atom stereocenters. The van der Waals surface area contributed by atoms with Gasteiger partial charge in [0, 0.05) is 6.54 Å². The highest BCUT2D eigenvalue weighted by atomic mass is 16.2. The zero-order valence-corrected chi connectivity index (χ0v) is 10.3. The van der Waals surface area contributed by atoms with E-state index in [1.165, 1.54) is 0 Å². The van der Waals surface area contributed by atoms with E-state index in [0.717, 1.165) is 5.56 Å². The van der Waals surface area contributed by atoms with E-state index in [-0.39, 0.29) is 5.57 Å². The molecule has 0 atom stereocenters. The van der Waals surface area contributed by atoms with Gasteiger partial charge in [0.15, 0.2) is 0 Å². The Bertz CT molecular complexity index is 599. The predicted octanol–water partition coefficient (Wildman–Crippen LogP) is 2.22. The first kappa shape index (κ1) is 12.8. The number of hydrogen-bond acceptors (Lipinski definition) is 2. The molecule has 2 aromatic carbocycles. The predicted molar refractivity (Wildman–Crippen MR) is 73.8 cm³/mol. The van der Waals surface area contributed by atoms with E-state index in [0.29, 0.717) is 12.1 Å². The molecule has 0 bridgehead atoms. The Morgan fingerprint density at radius 1 is 0.947 bits per heavy atom. The maximum absolute atomic E-state index is 11.9. The lowest BCUT2D eigenvalue weighted by Crippen LogP contribution is -2.24. The van der Waals surface area contributed by atoms with Crippen LogP contribution < -0.4 is 5.32 Å². The van der Waals surface area contributed by atoms with E-state index in [1.54, 1.807) is 30.2 Å². The largest absolute Gasteiger partial charge is 0.347 e. The molecular formula is C16H13NO2. The van der Waals surface area contributed by atoms with Gasteiger partial charge in [-0.25, -0.2) is 4.79 Å². The maximum atomic E-state index is 11.9. The molecule has 0 aliphatic carbocycles. The molecular weight excluding hydrogens is 238 g/mol. The summed E-state index contributed by atoms with van der Waals surface area (Å²) < 4.78 is 0. The van der Waals surface area contributed by atoms with Crippen LogP contribution in [-0.2, 0) is 16.1 Å². The Balaban J connectivity index is 2.05. The second kappa shape index (κ2) is 6.34. The molecule has 0 spiro atoms. The van der Waals surface area contributed by atoms with Crippen molar-refractivity contribution in [1.82, 2.24) is 5.32 Å². The van der Waals surface area contributed by atoms with Gasteiger partial charge in [0.2, 0.25) is 0 Å². The van der Waals surface area contributed by atoms with E-state index < -0.39 is 5.91 Å². The van der Waals surface area contributed by atoms with Crippen LogP contribution in [0.2, 0.25) is 0 Å². The molecule has 2 aromatic rings. The van der Waals surface area contributed by atoms with Crippen molar-refractivity contribution in [2.75, 3.05) is 0 Å². The Labute approximate surface area is 111 Å². The van der Waals surface area contributed by atoms with Crippen LogP contribution in [0.25, 0.3) is 5.57 Å². The fourth-order valence-corrected chi connectivity index (χ4v) is 1.71. The van der Waals surface area contributed by atoms with E-state index in [9.17, 15) is 9.59 Å². The molecule has 0 saturated carbocycles. The number of nitrogens with one attached hydrogen (secondary N) is 1. The summed E-state index contributed by atoms with van der Waals surface area (Å²) in [5.74, 6) is 1.30. The van der Waals surface area contributed by atoms with Gasteiger partial charge >= 0.3 is 0 Å². The summed E-state index contributed by atoms with van der Waals surface area (Å²) in [4.78, 5) is 22.9. The molecule has 0 aliphatic rings. The average molecular weight is 251 g/mol. The molecule has 3 heteroatoms. The molecule has 0 saturated heterocycles. The number of benzene rings is 2. The van der Waals surface area contributed by atoms with Crippen LogP contribution in [0.3, 0.4) is 0 Å². The number of rotatable bonds is 4. The molecule has 1 N–H and O–H groups in total. The standard InChI is InChI=1S/C16H13NO2/c18-12-15(14-9-5-2-6-10-14)16(19)17-11-13-7-3-1-4-8-13/h1-10H,11H2,(H,17,19). The van der Waals surface area contributed by atoms with Crippen molar-refractivity contribution in [3.05, 3.63) is 71.8 Å². The van der Waals surface area contributed by atoms with Gasteiger partial charge in [-0.3, -0.25) is 4.79 Å². The minimum atomic E-state index is -0.412. The van der Waals surface area contributed by atoms with Gasteiger partial charge in [-0.1, -0.05) is 60.7 Å². The second-order valence-electron chi connectivity index (χ2n) is 4.01. The molecule has 0 aromatic heterocycles. The molecule has 0 heterocycles. The Hall–Kier alpha value is -2.64. The fraction of sp³-hybridized carbons (Fsp3) is 0.0625. The summed E-state index contributed by atoms with van der Waals surface area (Å²) in [6.45, 7) is 0.387. The van der Waals surface area contributed by atoms with Gasteiger partial charge in [-0.2, -0.15) is 0 Å². The third-order valence-electron chi connectivity index (χ3n) is 2.69.